The van der Waals surface area contributed by atoms with Crippen LogP contribution in [0.4, 0.5) is 5.95 Å². The highest BCUT2D eigenvalue weighted by atomic mass is 35.5. The van der Waals surface area contributed by atoms with Gasteiger partial charge in [0, 0.05) is 30.6 Å². The molecule has 0 radical (unpaired) electrons. The number of piperidine rings is 1. The lowest BCUT2D eigenvalue weighted by Crippen LogP contribution is -2.32. The molecule has 0 aliphatic carbocycles. The molecule has 164 valence electrons. The first-order valence-corrected chi connectivity index (χ1v) is 10.0. The molecule has 1 fully saturated rings. The molecule has 2 aromatic rings. The SMILES string of the molecule is Cl.Cn1nc(C2CCNCC2)nc1NC(=O)c1ccc(C(=O)NCC(C)(C)C)cc1. The van der Waals surface area contributed by atoms with Crippen LogP contribution in [0.1, 0.15) is 66.1 Å². The lowest BCUT2D eigenvalue weighted by atomic mass is 9.97. The zero-order valence-corrected chi connectivity index (χ0v) is 18.8. The molecule has 3 N–H and O–H groups in total. The maximum atomic E-state index is 12.6. The van der Waals surface area contributed by atoms with Gasteiger partial charge in [-0.05, 0) is 55.6 Å². The number of hydrogen-bond donors (Lipinski definition) is 3. The van der Waals surface area contributed by atoms with Crippen LogP contribution in [0.25, 0.3) is 0 Å². The molecule has 2 heterocycles. The minimum Gasteiger partial charge on any atom is -0.352 e. The zero-order valence-electron chi connectivity index (χ0n) is 18.0. The summed E-state index contributed by atoms with van der Waals surface area (Å²) in [4.78, 5) is 29.3. The monoisotopic (exact) mass is 434 g/mol. The smallest absolute Gasteiger partial charge is 0.258 e. The third-order valence-electron chi connectivity index (χ3n) is 4.90. The molecular weight excluding hydrogens is 404 g/mol. The Morgan fingerprint density at radius 2 is 1.67 bits per heavy atom. The standard InChI is InChI=1S/C21H30N6O2.ClH/c1-21(2,3)13-23-18(28)15-5-7-16(8-6-15)19(29)25-20-24-17(26-27(20)4)14-9-11-22-12-10-14;/h5-8,14,22H,9-13H2,1-4H3,(H,23,28)(H,24,25,26,29);1H. The number of nitrogens with zero attached hydrogens (tertiary/aromatic N) is 3. The van der Waals surface area contributed by atoms with Crippen LogP contribution >= 0.6 is 12.4 Å². The number of nitrogens with one attached hydrogen (secondary N) is 3. The first-order valence-electron chi connectivity index (χ1n) is 10.0. The summed E-state index contributed by atoms with van der Waals surface area (Å²) in [5.41, 5.74) is 1.000. The Bertz CT molecular complexity index is 867. The average molecular weight is 435 g/mol. The van der Waals surface area contributed by atoms with Crippen molar-refractivity contribution < 1.29 is 9.59 Å². The summed E-state index contributed by atoms with van der Waals surface area (Å²) in [7, 11) is 1.77. The van der Waals surface area contributed by atoms with Crippen LogP contribution in [0.2, 0.25) is 0 Å². The van der Waals surface area contributed by atoms with Gasteiger partial charge in [-0.2, -0.15) is 10.1 Å². The summed E-state index contributed by atoms with van der Waals surface area (Å²) in [6.07, 6.45) is 1.99. The largest absolute Gasteiger partial charge is 0.352 e. The minimum atomic E-state index is -0.279. The number of rotatable bonds is 5. The summed E-state index contributed by atoms with van der Waals surface area (Å²) in [5.74, 6) is 1.09. The van der Waals surface area contributed by atoms with E-state index in [1.54, 1.807) is 36.0 Å². The Labute approximate surface area is 183 Å². The maximum Gasteiger partial charge on any atom is 0.258 e. The van der Waals surface area contributed by atoms with Gasteiger partial charge in [0.2, 0.25) is 5.95 Å². The van der Waals surface area contributed by atoms with Crippen LogP contribution in [0.15, 0.2) is 24.3 Å². The number of hydrogen-bond acceptors (Lipinski definition) is 5. The van der Waals surface area contributed by atoms with Crippen molar-refractivity contribution in [3.05, 3.63) is 41.2 Å². The number of anilines is 1. The molecule has 0 unspecified atom stereocenters. The second-order valence-corrected chi connectivity index (χ2v) is 8.72. The first kappa shape index (κ1) is 23.8. The predicted octanol–water partition coefficient (Wildman–Crippen LogP) is 2.73. The second-order valence-electron chi connectivity index (χ2n) is 8.72. The van der Waals surface area contributed by atoms with Crippen molar-refractivity contribution in [3.63, 3.8) is 0 Å². The molecule has 1 aliphatic heterocycles. The van der Waals surface area contributed by atoms with E-state index in [0.29, 0.717) is 29.5 Å². The van der Waals surface area contributed by atoms with Gasteiger partial charge in [-0.1, -0.05) is 20.8 Å². The number of aryl methyl sites for hydroxylation is 1. The van der Waals surface area contributed by atoms with Crippen molar-refractivity contribution in [3.8, 4) is 0 Å². The van der Waals surface area contributed by atoms with Crippen molar-refractivity contribution in [2.45, 2.75) is 39.5 Å². The summed E-state index contributed by atoms with van der Waals surface area (Å²) >= 11 is 0. The van der Waals surface area contributed by atoms with Gasteiger partial charge in [0.1, 0.15) is 0 Å². The van der Waals surface area contributed by atoms with Crippen LogP contribution in [0.5, 0.6) is 0 Å². The molecule has 2 amide bonds. The van der Waals surface area contributed by atoms with E-state index in [-0.39, 0.29) is 29.6 Å². The topological polar surface area (TPSA) is 101 Å². The maximum absolute atomic E-state index is 12.6. The first-order chi connectivity index (χ1) is 13.7. The lowest BCUT2D eigenvalue weighted by molar-refractivity contribution is 0.0938. The van der Waals surface area contributed by atoms with E-state index >= 15 is 0 Å². The predicted molar refractivity (Wildman–Crippen MR) is 119 cm³/mol. The third kappa shape index (κ3) is 6.27. The van der Waals surface area contributed by atoms with Crippen molar-refractivity contribution in [2.24, 2.45) is 12.5 Å². The number of amides is 2. The Morgan fingerprint density at radius 1 is 1.10 bits per heavy atom. The average Bonchev–Trinajstić information content (AvgIpc) is 3.06. The van der Waals surface area contributed by atoms with Crippen LogP contribution in [-0.2, 0) is 7.05 Å². The molecule has 3 rings (SSSR count). The molecule has 1 aliphatic rings. The van der Waals surface area contributed by atoms with Crippen LogP contribution < -0.4 is 16.0 Å². The molecule has 0 bridgehead atoms. The van der Waals surface area contributed by atoms with Crippen LogP contribution in [-0.4, -0.2) is 46.2 Å². The van der Waals surface area contributed by atoms with Gasteiger partial charge >= 0.3 is 0 Å². The highest BCUT2D eigenvalue weighted by Gasteiger charge is 2.21. The third-order valence-corrected chi connectivity index (χ3v) is 4.90. The van der Waals surface area contributed by atoms with Gasteiger partial charge in [0.25, 0.3) is 11.8 Å². The molecule has 0 saturated carbocycles. The van der Waals surface area contributed by atoms with E-state index in [4.69, 9.17) is 0 Å². The normalized spacial score (nSPS) is 14.7. The second kappa shape index (κ2) is 10.0. The summed E-state index contributed by atoms with van der Waals surface area (Å²) < 4.78 is 1.60. The van der Waals surface area contributed by atoms with Crippen LogP contribution in [0, 0.1) is 5.41 Å². The van der Waals surface area contributed by atoms with Crippen molar-refractivity contribution in [1.82, 2.24) is 25.4 Å². The Hall–Kier alpha value is -2.45. The lowest BCUT2D eigenvalue weighted by Gasteiger charge is -2.19. The van der Waals surface area contributed by atoms with Gasteiger partial charge in [-0.3, -0.25) is 14.9 Å². The van der Waals surface area contributed by atoms with Crippen molar-refractivity contribution >= 4 is 30.2 Å². The number of carbonyl (C=O) groups excluding carboxylic acids is 2. The number of aromatic nitrogens is 3. The number of carbonyl (C=O) groups is 2. The van der Waals surface area contributed by atoms with Gasteiger partial charge in [0.05, 0.1) is 0 Å². The molecule has 8 nitrogen and oxygen atoms in total. The van der Waals surface area contributed by atoms with Gasteiger partial charge in [-0.15, -0.1) is 12.4 Å². The Kier molecular flexibility index (Phi) is 7.97. The fraction of sp³-hybridized carbons (Fsp3) is 0.524. The van der Waals surface area contributed by atoms with Crippen molar-refractivity contribution in [1.29, 1.82) is 0 Å². The van der Waals surface area contributed by atoms with E-state index in [9.17, 15) is 9.59 Å². The number of benzene rings is 1. The molecular formula is C21H31ClN6O2. The highest BCUT2D eigenvalue weighted by molar-refractivity contribution is 6.04. The van der Waals surface area contributed by atoms with Crippen LogP contribution in [0.3, 0.4) is 0 Å². The Balaban J connectivity index is 0.00000320. The molecule has 0 spiro atoms. The fourth-order valence-corrected chi connectivity index (χ4v) is 3.16. The summed E-state index contributed by atoms with van der Waals surface area (Å²) in [6.45, 7) is 8.68. The number of halogens is 1. The fourth-order valence-electron chi connectivity index (χ4n) is 3.16. The van der Waals surface area contributed by atoms with E-state index in [2.05, 4.69) is 46.8 Å². The van der Waals surface area contributed by atoms with E-state index < -0.39 is 0 Å². The van der Waals surface area contributed by atoms with E-state index in [0.717, 1.165) is 31.8 Å². The summed E-state index contributed by atoms with van der Waals surface area (Å²) in [5, 5.41) is 13.5. The van der Waals surface area contributed by atoms with Crippen molar-refractivity contribution in [2.75, 3.05) is 25.0 Å². The molecule has 1 aromatic heterocycles. The molecule has 9 heteroatoms. The highest BCUT2D eigenvalue weighted by Crippen LogP contribution is 2.23. The quantitative estimate of drug-likeness (QED) is 0.671. The minimum absolute atomic E-state index is 0. The zero-order chi connectivity index (χ0) is 21.0. The van der Waals surface area contributed by atoms with E-state index in [1.165, 1.54) is 0 Å². The molecule has 30 heavy (non-hydrogen) atoms. The van der Waals surface area contributed by atoms with Gasteiger partial charge < -0.3 is 10.6 Å². The van der Waals surface area contributed by atoms with Gasteiger partial charge in [0.15, 0.2) is 5.82 Å². The molecule has 0 atom stereocenters. The Morgan fingerprint density at radius 3 is 2.23 bits per heavy atom. The van der Waals surface area contributed by atoms with Gasteiger partial charge in [-0.25, -0.2) is 4.68 Å². The molecule has 1 saturated heterocycles. The molecule has 1 aromatic carbocycles. The summed E-state index contributed by atoms with van der Waals surface area (Å²) in [6, 6.07) is 6.60. The van der Waals surface area contributed by atoms with E-state index in [1.807, 2.05) is 0 Å².